The molecule has 0 saturated heterocycles. The Morgan fingerprint density at radius 3 is 2.40 bits per heavy atom. The number of nitrogen functional groups attached to an aromatic ring is 1. The molecule has 0 unspecified atom stereocenters. The number of aromatic nitrogens is 2. The number of hydrogen-bond donors (Lipinski definition) is 1. The van der Waals surface area contributed by atoms with E-state index in [4.69, 9.17) is 5.73 Å². The van der Waals surface area contributed by atoms with Gasteiger partial charge in [-0.15, -0.1) is 0 Å². The zero-order valence-corrected chi connectivity index (χ0v) is 12.6. The Hall–Kier alpha value is -1.90. The lowest BCUT2D eigenvalue weighted by molar-refractivity contribution is 0.647. The van der Waals surface area contributed by atoms with Crippen molar-refractivity contribution in [1.29, 1.82) is 0 Å². The first-order valence-corrected chi connectivity index (χ1v) is 7.31. The molecule has 0 atom stereocenters. The highest BCUT2D eigenvalue weighted by atomic mass is 14.9. The van der Waals surface area contributed by atoms with Crippen molar-refractivity contribution in [3.8, 4) is 11.4 Å². The van der Waals surface area contributed by atoms with Crippen LogP contribution in [0.1, 0.15) is 38.4 Å². The largest absolute Gasteiger partial charge is 0.384 e. The van der Waals surface area contributed by atoms with E-state index in [9.17, 15) is 0 Å². The Labute approximate surface area is 121 Å². The summed E-state index contributed by atoms with van der Waals surface area (Å²) < 4.78 is 0. The van der Waals surface area contributed by atoms with Crippen molar-refractivity contribution in [3.05, 3.63) is 41.6 Å². The Balaban J connectivity index is 2.26. The number of anilines is 1. The van der Waals surface area contributed by atoms with Gasteiger partial charge in [-0.3, -0.25) is 0 Å². The van der Waals surface area contributed by atoms with Gasteiger partial charge in [0.25, 0.3) is 0 Å². The number of hydrogen-bond acceptors (Lipinski definition) is 3. The summed E-state index contributed by atoms with van der Waals surface area (Å²) in [4.78, 5) is 8.94. The minimum atomic E-state index is 0.546. The fourth-order valence-corrected chi connectivity index (χ4v) is 2.29. The molecule has 0 bridgehead atoms. The van der Waals surface area contributed by atoms with Gasteiger partial charge in [-0.05, 0) is 24.3 Å². The Bertz CT molecular complexity index is 559. The van der Waals surface area contributed by atoms with E-state index < -0.39 is 0 Å². The van der Waals surface area contributed by atoms with Gasteiger partial charge in [0.1, 0.15) is 5.82 Å². The number of nitrogens with zero attached hydrogens (tertiary/aromatic N) is 2. The fourth-order valence-electron chi connectivity index (χ4n) is 2.29. The predicted molar refractivity (Wildman–Crippen MR) is 84.4 cm³/mol. The van der Waals surface area contributed by atoms with E-state index in [0.29, 0.717) is 11.7 Å². The van der Waals surface area contributed by atoms with Crippen molar-refractivity contribution in [3.63, 3.8) is 0 Å². The monoisotopic (exact) mass is 269 g/mol. The van der Waals surface area contributed by atoms with Crippen LogP contribution in [0.25, 0.3) is 11.4 Å². The number of benzene rings is 1. The van der Waals surface area contributed by atoms with Crippen LogP contribution in [-0.2, 0) is 12.8 Å². The standard InChI is InChI=1S/C17H23N3/c1-4-5-15-11-16(18)20-17(19-15)14-8-6-13(7-9-14)10-12(2)3/h6-9,11-12H,4-5,10H2,1-3H3,(H2,18,19,20). The van der Waals surface area contributed by atoms with E-state index in [1.165, 1.54) is 5.56 Å². The summed E-state index contributed by atoms with van der Waals surface area (Å²) in [5, 5.41) is 0. The van der Waals surface area contributed by atoms with Crippen LogP contribution in [0.15, 0.2) is 30.3 Å². The van der Waals surface area contributed by atoms with E-state index in [0.717, 1.165) is 36.3 Å². The van der Waals surface area contributed by atoms with Crippen molar-refractivity contribution in [1.82, 2.24) is 9.97 Å². The van der Waals surface area contributed by atoms with Crippen LogP contribution in [0.5, 0.6) is 0 Å². The highest BCUT2D eigenvalue weighted by Gasteiger charge is 2.06. The van der Waals surface area contributed by atoms with Gasteiger partial charge in [0.15, 0.2) is 5.82 Å². The Kier molecular flexibility index (Phi) is 4.72. The molecular weight excluding hydrogens is 246 g/mol. The molecular formula is C17H23N3. The van der Waals surface area contributed by atoms with Gasteiger partial charge < -0.3 is 5.73 Å². The summed E-state index contributed by atoms with van der Waals surface area (Å²) >= 11 is 0. The molecule has 3 nitrogen and oxygen atoms in total. The first-order chi connectivity index (χ1) is 9.58. The minimum absolute atomic E-state index is 0.546. The van der Waals surface area contributed by atoms with Crippen molar-refractivity contribution < 1.29 is 0 Å². The molecule has 2 N–H and O–H groups in total. The molecule has 1 heterocycles. The normalized spacial score (nSPS) is 11.0. The summed E-state index contributed by atoms with van der Waals surface area (Å²) in [6, 6.07) is 10.3. The van der Waals surface area contributed by atoms with Crippen LogP contribution in [0.4, 0.5) is 5.82 Å². The molecule has 1 aromatic carbocycles. The van der Waals surface area contributed by atoms with E-state index in [1.54, 1.807) is 0 Å². The number of nitrogens with two attached hydrogens (primary N) is 1. The van der Waals surface area contributed by atoms with E-state index in [-0.39, 0.29) is 0 Å². The summed E-state index contributed by atoms with van der Waals surface area (Å²) in [6.07, 6.45) is 3.09. The average molecular weight is 269 g/mol. The number of rotatable bonds is 5. The maximum atomic E-state index is 5.87. The lowest BCUT2D eigenvalue weighted by Gasteiger charge is -2.08. The second-order valence-corrected chi connectivity index (χ2v) is 5.65. The second-order valence-electron chi connectivity index (χ2n) is 5.65. The molecule has 2 rings (SSSR count). The third-order valence-corrected chi connectivity index (χ3v) is 3.16. The summed E-state index contributed by atoms with van der Waals surface area (Å²) in [6.45, 7) is 6.59. The summed E-state index contributed by atoms with van der Waals surface area (Å²) in [5.74, 6) is 1.94. The highest BCUT2D eigenvalue weighted by Crippen LogP contribution is 2.19. The zero-order chi connectivity index (χ0) is 14.5. The van der Waals surface area contributed by atoms with Crippen LogP contribution < -0.4 is 5.73 Å². The first kappa shape index (κ1) is 14.5. The SMILES string of the molecule is CCCc1cc(N)nc(-c2ccc(CC(C)C)cc2)n1. The predicted octanol–water partition coefficient (Wildman–Crippen LogP) is 3.88. The van der Waals surface area contributed by atoms with Crippen molar-refractivity contribution in [2.24, 2.45) is 5.92 Å². The minimum Gasteiger partial charge on any atom is -0.384 e. The van der Waals surface area contributed by atoms with Gasteiger partial charge in [0.2, 0.25) is 0 Å². The van der Waals surface area contributed by atoms with Crippen LogP contribution in [0.3, 0.4) is 0 Å². The van der Waals surface area contributed by atoms with Crippen LogP contribution in [0, 0.1) is 5.92 Å². The lowest BCUT2D eigenvalue weighted by Crippen LogP contribution is -2.00. The third kappa shape index (κ3) is 3.80. The first-order valence-electron chi connectivity index (χ1n) is 7.31. The average Bonchev–Trinajstić information content (AvgIpc) is 2.38. The van der Waals surface area contributed by atoms with Crippen LogP contribution in [0.2, 0.25) is 0 Å². The molecule has 0 amide bonds. The van der Waals surface area contributed by atoms with Crippen molar-refractivity contribution in [2.45, 2.75) is 40.0 Å². The van der Waals surface area contributed by atoms with E-state index in [2.05, 4.69) is 55.0 Å². The third-order valence-electron chi connectivity index (χ3n) is 3.16. The van der Waals surface area contributed by atoms with Gasteiger partial charge in [-0.25, -0.2) is 9.97 Å². The van der Waals surface area contributed by atoms with E-state index >= 15 is 0 Å². The molecule has 0 fully saturated rings. The van der Waals surface area contributed by atoms with Gasteiger partial charge in [-0.1, -0.05) is 51.5 Å². The van der Waals surface area contributed by atoms with Crippen LogP contribution in [-0.4, -0.2) is 9.97 Å². The molecule has 0 radical (unpaired) electrons. The van der Waals surface area contributed by atoms with Crippen LogP contribution >= 0.6 is 0 Å². The number of aryl methyl sites for hydroxylation is 1. The van der Waals surface area contributed by atoms with Gasteiger partial charge in [0.05, 0.1) is 0 Å². The van der Waals surface area contributed by atoms with Gasteiger partial charge in [0, 0.05) is 17.3 Å². The maximum absolute atomic E-state index is 5.87. The highest BCUT2D eigenvalue weighted by molar-refractivity contribution is 5.57. The molecule has 1 aromatic heterocycles. The molecule has 20 heavy (non-hydrogen) atoms. The molecule has 3 heteroatoms. The van der Waals surface area contributed by atoms with Crippen molar-refractivity contribution >= 4 is 5.82 Å². The van der Waals surface area contributed by atoms with Gasteiger partial charge >= 0.3 is 0 Å². The quantitative estimate of drug-likeness (QED) is 0.896. The van der Waals surface area contributed by atoms with E-state index in [1.807, 2.05) is 6.07 Å². The summed E-state index contributed by atoms with van der Waals surface area (Å²) in [5.41, 5.74) is 9.27. The molecule has 0 saturated carbocycles. The molecule has 0 spiro atoms. The fraction of sp³-hybridized carbons (Fsp3) is 0.412. The Morgan fingerprint density at radius 2 is 1.80 bits per heavy atom. The second kappa shape index (κ2) is 6.51. The molecule has 106 valence electrons. The van der Waals surface area contributed by atoms with Gasteiger partial charge in [-0.2, -0.15) is 0 Å². The molecule has 0 aliphatic carbocycles. The smallest absolute Gasteiger partial charge is 0.161 e. The Morgan fingerprint density at radius 1 is 1.10 bits per heavy atom. The molecule has 2 aromatic rings. The topological polar surface area (TPSA) is 51.8 Å². The molecule has 0 aliphatic heterocycles. The lowest BCUT2D eigenvalue weighted by atomic mass is 10.0. The molecule has 0 aliphatic rings. The zero-order valence-electron chi connectivity index (χ0n) is 12.6. The maximum Gasteiger partial charge on any atom is 0.161 e. The van der Waals surface area contributed by atoms with Crippen molar-refractivity contribution in [2.75, 3.05) is 5.73 Å². The summed E-state index contributed by atoms with van der Waals surface area (Å²) in [7, 11) is 0.